The Kier molecular flexibility index (Phi) is 5.79. The molecule has 0 radical (unpaired) electrons. The van der Waals surface area contributed by atoms with Crippen molar-refractivity contribution in [3.63, 3.8) is 0 Å². The summed E-state index contributed by atoms with van der Waals surface area (Å²) in [6.45, 7) is 2.32. The van der Waals surface area contributed by atoms with Gasteiger partial charge in [0.1, 0.15) is 18.4 Å². The molecule has 1 heterocycles. The van der Waals surface area contributed by atoms with E-state index in [1.54, 1.807) is 0 Å². The molecular weight excluding hydrogens is 260 g/mol. The average Bonchev–Trinajstić information content (AvgIpc) is 2.52. The molecule has 6 nitrogen and oxygen atoms in total. The van der Waals surface area contributed by atoms with Crippen LogP contribution in [-0.2, 0) is 16.1 Å². The number of carbonyl (C=O) groups excluding carboxylic acids is 1. The molecule has 1 atom stereocenters. The molecule has 0 aromatic heterocycles. The Morgan fingerprint density at radius 3 is 3.10 bits per heavy atom. The molecule has 1 aromatic carbocycles. The lowest BCUT2D eigenvalue weighted by atomic mass is 10.2. The lowest BCUT2D eigenvalue weighted by molar-refractivity contribution is -0.126. The molecule has 0 spiro atoms. The van der Waals surface area contributed by atoms with Gasteiger partial charge in [-0.2, -0.15) is 0 Å². The first-order valence-corrected chi connectivity index (χ1v) is 6.71. The smallest absolute Gasteiger partial charge is 0.239 e. The number of hydrogen-bond acceptors (Lipinski definition) is 5. The highest BCUT2D eigenvalue weighted by Crippen LogP contribution is 2.17. The Morgan fingerprint density at radius 1 is 1.50 bits per heavy atom. The van der Waals surface area contributed by atoms with Crippen molar-refractivity contribution >= 4 is 5.91 Å². The highest BCUT2D eigenvalue weighted by atomic mass is 16.5. The van der Waals surface area contributed by atoms with Gasteiger partial charge in [0.2, 0.25) is 5.91 Å². The van der Waals surface area contributed by atoms with E-state index in [1.165, 1.54) is 0 Å². The number of carbonyl (C=O) groups is 1. The maximum atomic E-state index is 12.0. The van der Waals surface area contributed by atoms with Gasteiger partial charge < -0.3 is 25.2 Å². The third-order valence-corrected chi connectivity index (χ3v) is 3.01. The number of hydrogen-bond donors (Lipinski definition) is 3. The van der Waals surface area contributed by atoms with Gasteiger partial charge in [-0.05, 0) is 6.07 Å². The molecule has 0 bridgehead atoms. The van der Waals surface area contributed by atoms with Crippen molar-refractivity contribution in [2.24, 2.45) is 0 Å². The maximum Gasteiger partial charge on any atom is 0.239 e. The van der Waals surface area contributed by atoms with Gasteiger partial charge >= 0.3 is 0 Å². The Labute approximate surface area is 118 Å². The quantitative estimate of drug-likeness (QED) is 0.664. The predicted molar refractivity (Wildman–Crippen MR) is 73.5 cm³/mol. The van der Waals surface area contributed by atoms with E-state index in [4.69, 9.17) is 14.6 Å². The highest BCUT2D eigenvalue weighted by molar-refractivity contribution is 5.82. The van der Waals surface area contributed by atoms with Gasteiger partial charge in [-0.25, -0.2) is 0 Å². The summed E-state index contributed by atoms with van der Waals surface area (Å²) in [6, 6.07) is 7.15. The van der Waals surface area contributed by atoms with Crippen LogP contribution >= 0.6 is 0 Å². The first-order chi connectivity index (χ1) is 9.81. The Morgan fingerprint density at radius 2 is 2.35 bits per heavy atom. The van der Waals surface area contributed by atoms with Crippen LogP contribution in [-0.4, -0.2) is 50.0 Å². The molecule has 6 heteroatoms. The SMILES string of the molecule is O=C(NCc1ccccc1OCCO)C1COCCN1. The van der Waals surface area contributed by atoms with Crippen LogP contribution in [0.5, 0.6) is 5.75 Å². The molecule has 1 aromatic rings. The number of morpholine rings is 1. The number of aliphatic hydroxyl groups is 1. The van der Waals surface area contributed by atoms with Gasteiger partial charge in [-0.3, -0.25) is 4.79 Å². The van der Waals surface area contributed by atoms with Crippen molar-refractivity contribution in [1.82, 2.24) is 10.6 Å². The zero-order valence-electron chi connectivity index (χ0n) is 11.3. The lowest BCUT2D eigenvalue weighted by Crippen LogP contribution is -2.51. The van der Waals surface area contributed by atoms with Gasteiger partial charge in [0.05, 0.1) is 19.8 Å². The molecule has 20 heavy (non-hydrogen) atoms. The van der Waals surface area contributed by atoms with Crippen molar-refractivity contribution in [2.75, 3.05) is 33.0 Å². The minimum absolute atomic E-state index is 0.0377. The number of amides is 1. The van der Waals surface area contributed by atoms with Crippen molar-refractivity contribution in [3.8, 4) is 5.75 Å². The van der Waals surface area contributed by atoms with Crippen molar-refractivity contribution in [1.29, 1.82) is 0 Å². The van der Waals surface area contributed by atoms with E-state index in [1.807, 2.05) is 24.3 Å². The molecule has 1 fully saturated rings. The normalized spacial score (nSPS) is 18.6. The summed E-state index contributed by atoms with van der Waals surface area (Å²) in [4.78, 5) is 12.0. The largest absolute Gasteiger partial charge is 0.491 e. The molecule has 110 valence electrons. The average molecular weight is 280 g/mol. The summed E-state index contributed by atoms with van der Waals surface area (Å²) in [5, 5.41) is 14.8. The molecular formula is C14H20N2O4. The third kappa shape index (κ3) is 4.19. The van der Waals surface area contributed by atoms with E-state index >= 15 is 0 Å². The topological polar surface area (TPSA) is 79.8 Å². The molecule has 1 unspecified atom stereocenters. The minimum atomic E-state index is -0.297. The fourth-order valence-corrected chi connectivity index (χ4v) is 1.99. The zero-order valence-corrected chi connectivity index (χ0v) is 11.3. The summed E-state index contributed by atoms with van der Waals surface area (Å²) in [5.74, 6) is 0.594. The van der Waals surface area contributed by atoms with Crippen molar-refractivity contribution in [2.45, 2.75) is 12.6 Å². The summed E-state index contributed by atoms with van der Waals surface area (Å²) >= 11 is 0. The van der Waals surface area contributed by atoms with Gasteiger partial charge in [0.15, 0.2) is 0 Å². The standard InChI is InChI=1S/C14H20N2O4/c17-6-8-20-13-4-2-1-3-11(13)9-16-14(18)12-10-19-7-5-15-12/h1-4,12,15,17H,5-10H2,(H,16,18). The molecule has 0 aliphatic carbocycles. The van der Waals surface area contributed by atoms with Gasteiger partial charge in [-0.1, -0.05) is 18.2 Å². The third-order valence-electron chi connectivity index (χ3n) is 3.01. The second-order valence-electron chi connectivity index (χ2n) is 4.48. The van der Waals surface area contributed by atoms with Gasteiger partial charge in [0, 0.05) is 18.7 Å². The van der Waals surface area contributed by atoms with Gasteiger partial charge in [-0.15, -0.1) is 0 Å². The van der Waals surface area contributed by atoms with Gasteiger partial charge in [0.25, 0.3) is 0 Å². The van der Waals surface area contributed by atoms with E-state index in [-0.39, 0.29) is 25.2 Å². The second kappa shape index (κ2) is 7.84. The fourth-order valence-electron chi connectivity index (χ4n) is 1.99. The number of nitrogens with one attached hydrogen (secondary N) is 2. The van der Waals surface area contributed by atoms with Crippen LogP contribution < -0.4 is 15.4 Å². The molecule has 1 amide bonds. The molecule has 1 aliphatic heterocycles. The van der Waals surface area contributed by atoms with Crippen LogP contribution in [0.25, 0.3) is 0 Å². The Balaban J connectivity index is 1.87. The number of rotatable bonds is 6. The van der Waals surface area contributed by atoms with Crippen LogP contribution in [0, 0.1) is 0 Å². The number of aliphatic hydroxyl groups excluding tert-OH is 1. The Hall–Kier alpha value is -1.63. The second-order valence-corrected chi connectivity index (χ2v) is 4.48. The molecule has 3 N–H and O–H groups in total. The van der Waals surface area contributed by atoms with E-state index in [0.29, 0.717) is 32.1 Å². The summed E-state index contributed by atoms with van der Waals surface area (Å²) < 4.78 is 10.7. The van der Waals surface area contributed by atoms with E-state index in [2.05, 4.69) is 10.6 Å². The first-order valence-electron chi connectivity index (χ1n) is 6.71. The summed E-state index contributed by atoms with van der Waals surface area (Å²) in [7, 11) is 0. The van der Waals surface area contributed by atoms with E-state index in [9.17, 15) is 4.79 Å². The Bertz CT molecular complexity index is 433. The summed E-state index contributed by atoms with van der Waals surface area (Å²) in [6.07, 6.45) is 0. The van der Waals surface area contributed by atoms with Crippen molar-refractivity contribution < 1.29 is 19.4 Å². The zero-order chi connectivity index (χ0) is 14.2. The summed E-state index contributed by atoms with van der Waals surface area (Å²) in [5.41, 5.74) is 0.881. The molecule has 0 saturated carbocycles. The molecule has 1 saturated heterocycles. The lowest BCUT2D eigenvalue weighted by Gasteiger charge is -2.23. The van der Waals surface area contributed by atoms with Crippen LogP contribution in [0.4, 0.5) is 0 Å². The number of benzene rings is 1. The van der Waals surface area contributed by atoms with Crippen molar-refractivity contribution in [3.05, 3.63) is 29.8 Å². The molecule has 2 rings (SSSR count). The predicted octanol–water partition coefficient (Wildman–Crippen LogP) is -0.338. The fraction of sp³-hybridized carbons (Fsp3) is 0.500. The monoisotopic (exact) mass is 280 g/mol. The van der Waals surface area contributed by atoms with E-state index < -0.39 is 0 Å². The number of para-hydroxylation sites is 1. The van der Waals surface area contributed by atoms with Crippen LogP contribution in [0.2, 0.25) is 0 Å². The highest BCUT2D eigenvalue weighted by Gasteiger charge is 2.20. The number of ether oxygens (including phenoxy) is 2. The van der Waals surface area contributed by atoms with Crippen LogP contribution in [0.3, 0.4) is 0 Å². The first kappa shape index (κ1) is 14.8. The van der Waals surface area contributed by atoms with Crippen LogP contribution in [0.15, 0.2) is 24.3 Å². The molecule has 1 aliphatic rings. The minimum Gasteiger partial charge on any atom is -0.491 e. The maximum absolute atomic E-state index is 12.0. The van der Waals surface area contributed by atoms with Crippen LogP contribution in [0.1, 0.15) is 5.56 Å². The van der Waals surface area contributed by atoms with E-state index in [0.717, 1.165) is 5.56 Å².